The maximum atomic E-state index is 12.0. The number of rotatable bonds is 5. The first-order chi connectivity index (χ1) is 9.95. The fourth-order valence-electron chi connectivity index (χ4n) is 1.58. The van der Waals surface area contributed by atoms with Crippen LogP contribution in [-0.4, -0.2) is 19.3 Å². The Balaban J connectivity index is 2.05. The fraction of sp³-hybridized carbons (Fsp3) is 0.231. The second-order valence-electron chi connectivity index (χ2n) is 4.62. The van der Waals surface area contributed by atoms with Crippen molar-refractivity contribution in [2.45, 2.75) is 19.8 Å². The summed E-state index contributed by atoms with van der Waals surface area (Å²) in [5, 5.41) is 3.27. The lowest BCUT2D eigenvalue weighted by Gasteiger charge is -2.03. The van der Waals surface area contributed by atoms with Gasteiger partial charge in [-0.15, -0.1) is 11.3 Å². The number of anilines is 2. The molecule has 0 radical (unpaired) electrons. The zero-order valence-electron chi connectivity index (χ0n) is 11.5. The van der Waals surface area contributed by atoms with E-state index in [0.717, 1.165) is 4.88 Å². The molecule has 1 aromatic carbocycles. The zero-order valence-corrected chi connectivity index (χ0v) is 13.2. The largest absolute Gasteiger partial charge is 0.298 e. The highest BCUT2D eigenvalue weighted by atomic mass is 32.2. The van der Waals surface area contributed by atoms with E-state index in [-0.39, 0.29) is 5.91 Å². The lowest BCUT2D eigenvalue weighted by molar-refractivity contribution is 0.102. The van der Waals surface area contributed by atoms with E-state index >= 15 is 0 Å². The summed E-state index contributed by atoms with van der Waals surface area (Å²) in [5.74, 6) is 0.0882. The van der Waals surface area contributed by atoms with Crippen molar-refractivity contribution < 1.29 is 13.2 Å². The molecule has 0 unspecified atom stereocenters. The van der Waals surface area contributed by atoms with Gasteiger partial charge in [-0.1, -0.05) is 13.8 Å². The van der Waals surface area contributed by atoms with Crippen molar-refractivity contribution in [1.29, 1.82) is 0 Å². The molecule has 21 heavy (non-hydrogen) atoms. The molecule has 0 bridgehead atoms. The van der Waals surface area contributed by atoms with E-state index in [4.69, 9.17) is 0 Å². The van der Waals surface area contributed by atoms with Crippen molar-refractivity contribution in [3.8, 4) is 0 Å². The second kappa shape index (κ2) is 6.68. The Morgan fingerprint density at radius 3 is 2.43 bits per heavy atom. The van der Waals surface area contributed by atoms with Gasteiger partial charge in [0.1, 0.15) is 0 Å². The summed E-state index contributed by atoms with van der Waals surface area (Å²) in [7, 11) is -2.70. The predicted octanol–water partition coefficient (Wildman–Crippen LogP) is 2.46. The van der Waals surface area contributed by atoms with Gasteiger partial charge >= 0.3 is 0 Å². The minimum Gasteiger partial charge on any atom is -0.298 e. The van der Waals surface area contributed by atoms with Gasteiger partial charge in [0.05, 0.1) is 0 Å². The smallest absolute Gasteiger partial charge is 0.257 e. The van der Waals surface area contributed by atoms with Crippen LogP contribution >= 0.6 is 11.3 Å². The van der Waals surface area contributed by atoms with Gasteiger partial charge in [0.15, 0.2) is 5.13 Å². The van der Waals surface area contributed by atoms with Crippen molar-refractivity contribution in [3.63, 3.8) is 0 Å². The van der Waals surface area contributed by atoms with Crippen LogP contribution in [0.1, 0.15) is 35.0 Å². The molecule has 1 amide bonds. The molecule has 0 atom stereocenters. The van der Waals surface area contributed by atoms with Crippen molar-refractivity contribution >= 4 is 39.0 Å². The Bertz CT molecular complexity index is 698. The molecule has 1 aromatic heterocycles. The fourth-order valence-corrected chi connectivity index (χ4v) is 2.76. The van der Waals surface area contributed by atoms with Crippen LogP contribution < -0.4 is 10.0 Å². The van der Waals surface area contributed by atoms with E-state index < -0.39 is 10.9 Å². The van der Waals surface area contributed by atoms with Gasteiger partial charge in [-0.2, -0.15) is 0 Å². The standard InChI is InChI=1S/C13H15N3O3S2/c1-8(2)11-7-14-13(20-11)15-12(17)9-3-5-10(6-4-9)16-21(18)19/h3-8,21H,1-2H3,(H,14,15,17)(H,16,18,19). The van der Waals surface area contributed by atoms with Crippen LogP contribution in [0.15, 0.2) is 30.5 Å². The number of thiol groups is 1. The van der Waals surface area contributed by atoms with Crippen LogP contribution in [0.4, 0.5) is 10.8 Å². The summed E-state index contributed by atoms with van der Waals surface area (Å²) in [4.78, 5) is 17.3. The summed E-state index contributed by atoms with van der Waals surface area (Å²) in [5.41, 5.74) is 0.849. The highest BCUT2D eigenvalue weighted by molar-refractivity contribution is 7.73. The van der Waals surface area contributed by atoms with E-state index in [1.54, 1.807) is 18.3 Å². The van der Waals surface area contributed by atoms with Crippen LogP contribution in [0.2, 0.25) is 0 Å². The van der Waals surface area contributed by atoms with Gasteiger partial charge in [-0.05, 0) is 30.2 Å². The molecule has 2 aromatic rings. The number of carbonyl (C=O) groups excluding carboxylic acids is 1. The number of amides is 1. The van der Waals surface area contributed by atoms with E-state index in [1.807, 2.05) is 0 Å². The van der Waals surface area contributed by atoms with Gasteiger partial charge in [0.2, 0.25) is 10.9 Å². The average Bonchev–Trinajstić information content (AvgIpc) is 2.87. The summed E-state index contributed by atoms with van der Waals surface area (Å²) in [6, 6.07) is 6.16. The van der Waals surface area contributed by atoms with Gasteiger partial charge < -0.3 is 0 Å². The molecular weight excluding hydrogens is 310 g/mol. The maximum Gasteiger partial charge on any atom is 0.257 e. The molecule has 0 saturated carbocycles. The number of hydrogen-bond acceptors (Lipinski definition) is 5. The third kappa shape index (κ3) is 4.27. The Morgan fingerprint density at radius 1 is 1.24 bits per heavy atom. The third-order valence-electron chi connectivity index (χ3n) is 2.68. The van der Waals surface area contributed by atoms with Crippen LogP contribution in [0.3, 0.4) is 0 Å². The number of thiazole rings is 1. The number of hydrogen-bond donors (Lipinski definition) is 3. The molecule has 0 aliphatic heterocycles. The zero-order chi connectivity index (χ0) is 15.4. The number of carbonyl (C=O) groups is 1. The second-order valence-corrected chi connectivity index (χ2v) is 6.42. The van der Waals surface area contributed by atoms with Gasteiger partial charge in [-0.3, -0.25) is 14.8 Å². The van der Waals surface area contributed by atoms with Crippen LogP contribution in [0.25, 0.3) is 0 Å². The lowest BCUT2D eigenvalue weighted by Crippen LogP contribution is -2.11. The number of nitrogens with zero attached hydrogens (tertiary/aromatic N) is 1. The summed E-state index contributed by atoms with van der Waals surface area (Å²) >= 11 is 1.44. The molecule has 0 saturated heterocycles. The Morgan fingerprint density at radius 2 is 1.90 bits per heavy atom. The van der Waals surface area contributed by atoms with E-state index in [2.05, 4.69) is 28.9 Å². The van der Waals surface area contributed by atoms with Gasteiger partial charge in [0, 0.05) is 22.3 Å². The molecule has 2 N–H and O–H groups in total. The van der Waals surface area contributed by atoms with Crippen LogP contribution in [0.5, 0.6) is 0 Å². The van der Waals surface area contributed by atoms with Crippen LogP contribution in [-0.2, 0) is 10.9 Å². The third-order valence-corrected chi connectivity index (χ3v) is 4.33. The number of benzene rings is 1. The number of aromatic nitrogens is 1. The highest BCUT2D eigenvalue weighted by Gasteiger charge is 2.10. The van der Waals surface area contributed by atoms with Crippen molar-refractivity contribution in [3.05, 3.63) is 40.9 Å². The molecule has 0 fully saturated rings. The van der Waals surface area contributed by atoms with Gasteiger partial charge in [0.25, 0.3) is 5.91 Å². The SMILES string of the molecule is CC(C)c1cnc(NC(=O)c2ccc(N[SH](=O)=O)cc2)s1. The monoisotopic (exact) mass is 325 g/mol. The molecule has 8 heteroatoms. The first-order valence-corrected chi connectivity index (χ1v) is 8.23. The number of nitrogens with one attached hydrogen (secondary N) is 2. The summed E-state index contributed by atoms with van der Waals surface area (Å²) in [6.07, 6.45) is 1.75. The summed E-state index contributed by atoms with van der Waals surface area (Å²) < 4.78 is 23.3. The molecule has 6 nitrogen and oxygen atoms in total. The average molecular weight is 325 g/mol. The topological polar surface area (TPSA) is 88.2 Å². The maximum absolute atomic E-state index is 12.0. The normalized spacial score (nSPS) is 10.9. The Kier molecular flexibility index (Phi) is 4.92. The first-order valence-electron chi connectivity index (χ1n) is 6.24. The first kappa shape index (κ1) is 15.5. The molecule has 0 aliphatic carbocycles. The molecular formula is C13H15N3O3S2. The van der Waals surface area contributed by atoms with Crippen LogP contribution in [0, 0.1) is 0 Å². The predicted molar refractivity (Wildman–Crippen MR) is 84.5 cm³/mol. The molecule has 2 rings (SSSR count). The highest BCUT2D eigenvalue weighted by Crippen LogP contribution is 2.25. The van der Waals surface area contributed by atoms with Crippen molar-refractivity contribution in [2.75, 3.05) is 10.0 Å². The molecule has 112 valence electrons. The minimum atomic E-state index is -2.70. The minimum absolute atomic E-state index is 0.280. The van der Waals surface area contributed by atoms with Crippen molar-refractivity contribution in [1.82, 2.24) is 4.98 Å². The van der Waals surface area contributed by atoms with E-state index in [1.165, 1.54) is 23.5 Å². The van der Waals surface area contributed by atoms with E-state index in [0.29, 0.717) is 22.3 Å². The van der Waals surface area contributed by atoms with Gasteiger partial charge in [-0.25, -0.2) is 13.4 Å². The van der Waals surface area contributed by atoms with E-state index in [9.17, 15) is 13.2 Å². The lowest BCUT2D eigenvalue weighted by atomic mass is 10.2. The molecule has 0 spiro atoms. The summed E-state index contributed by atoms with van der Waals surface area (Å²) in [6.45, 7) is 4.12. The van der Waals surface area contributed by atoms with Crippen molar-refractivity contribution in [2.24, 2.45) is 0 Å². The molecule has 1 heterocycles. The Labute approximate surface area is 128 Å². The Hall–Kier alpha value is -1.93. The quantitative estimate of drug-likeness (QED) is 0.737. The molecule has 0 aliphatic rings.